The number of ether oxygens (including phenoxy) is 1. The molecule has 1 aromatic carbocycles. The van der Waals surface area contributed by atoms with E-state index < -0.39 is 0 Å². The summed E-state index contributed by atoms with van der Waals surface area (Å²) >= 11 is 3.45. The molecule has 0 radical (unpaired) electrons. The predicted octanol–water partition coefficient (Wildman–Crippen LogP) is 2.41. The van der Waals surface area contributed by atoms with Crippen LogP contribution in [0.25, 0.3) is 0 Å². The van der Waals surface area contributed by atoms with Crippen LogP contribution >= 0.6 is 15.9 Å². The maximum absolute atomic E-state index is 8.66. The predicted molar refractivity (Wildman–Crippen MR) is 82.4 cm³/mol. The molecule has 1 fully saturated rings. The average Bonchev–Trinajstić information content (AvgIpc) is 2.46. The van der Waals surface area contributed by atoms with E-state index in [1.165, 1.54) is 19.3 Å². The Bertz CT molecular complexity index is 493. The minimum Gasteiger partial charge on any atom is -0.491 e. The van der Waals surface area contributed by atoms with Gasteiger partial charge in [-0.05, 0) is 60.6 Å². The van der Waals surface area contributed by atoms with Gasteiger partial charge in [-0.3, -0.25) is 0 Å². The molecule has 0 saturated carbocycles. The van der Waals surface area contributed by atoms with Gasteiger partial charge in [-0.2, -0.15) is 0 Å². The number of hydrogen-bond donors (Lipinski definition) is 2. The molecule has 0 aromatic heterocycles. The van der Waals surface area contributed by atoms with Crippen LogP contribution in [0.15, 0.2) is 27.8 Å². The summed E-state index contributed by atoms with van der Waals surface area (Å²) in [4.78, 5) is 2.35. The molecule has 110 valence electrons. The molecule has 3 N–H and O–H groups in total. The van der Waals surface area contributed by atoms with E-state index in [2.05, 4.69) is 33.0 Å². The van der Waals surface area contributed by atoms with Crippen molar-refractivity contribution in [1.29, 1.82) is 0 Å². The number of hydrogen-bond acceptors (Lipinski definition) is 4. The minimum atomic E-state index is 0.0873. The largest absolute Gasteiger partial charge is 0.491 e. The number of oxime groups is 1. The van der Waals surface area contributed by atoms with Crippen molar-refractivity contribution in [2.75, 3.05) is 20.2 Å². The molecule has 1 saturated heterocycles. The normalized spacial score (nSPS) is 20.9. The molecule has 5 nitrogen and oxygen atoms in total. The van der Waals surface area contributed by atoms with Crippen LogP contribution in [-0.2, 0) is 0 Å². The molecule has 1 atom stereocenters. The van der Waals surface area contributed by atoms with Gasteiger partial charge in [0.25, 0.3) is 0 Å². The molecule has 1 aromatic rings. The lowest BCUT2D eigenvalue weighted by atomic mass is 10.0. The van der Waals surface area contributed by atoms with Crippen LogP contribution in [0, 0.1) is 0 Å². The zero-order valence-electron chi connectivity index (χ0n) is 11.6. The number of nitrogens with zero attached hydrogens (tertiary/aromatic N) is 2. The van der Waals surface area contributed by atoms with Gasteiger partial charge in [-0.1, -0.05) is 11.6 Å². The lowest BCUT2D eigenvalue weighted by Crippen LogP contribution is -2.40. The summed E-state index contributed by atoms with van der Waals surface area (Å²) in [6.45, 7) is 1.82. The number of piperidine rings is 1. The highest BCUT2D eigenvalue weighted by Gasteiger charge is 2.19. The Morgan fingerprint density at radius 2 is 2.35 bits per heavy atom. The highest BCUT2D eigenvalue weighted by Crippen LogP contribution is 2.27. The van der Waals surface area contributed by atoms with E-state index in [9.17, 15) is 0 Å². The molecular formula is C14H20BrN3O2. The Morgan fingerprint density at radius 1 is 1.55 bits per heavy atom. The second kappa shape index (κ2) is 6.95. The maximum Gasteiger partial charge on any atom is 0.170 e. The number of likely N-dealkylation sites (tertiary alicyclic amines) is 1. The number of rotatable bonds is 4. The van der Waals surface area contributed by atoms with Gasteiger partial charge in [0.2, 0.25) is 0 Å². The van der Waals surface area contributed by atoms with Gasteiger partial charge in [0.05, 0.1) is 4.47 Å². The third kappa shape index (κ3) is 3.64. The topological polar surface area (TPSA) is 71.1 Å². The van der Waals surface area contributed by atoms with Crippen LogP contribution in [-0.4, -0.2) is 42.2 Å². The van der Waals surface area contributed by atoms with Crippen LogP contribution in [0.2, 0.25) is 0 Å². The molecule has 0 amide bonds. The molecule has 1 aliphatic rings. The standard InChI is InChI=1S/C14H20BrN3O2/c1-18-7-3-2-4-11(18)9-20-13-6-5-10(8-12(13)15)14(16)17-19/h5-6,8,11,19H,2-4,7,9H2,1H3,(H2,16,17). The van der Waals surface area contributed by atoms with Crippen LogP contribution in [0.3, 0.4) is 0 Å². The monoisotopic (exact) mass is 341 g/mol. The van der Waals surface area contributed by atoms with Gasteiger partial charge in [-0.25, -0.2) is 0 Å². The Kier molecular flexibility index (Phi) is 5.25. The SMILES string of the molecule is CN1CCCCC1COc1ccc(/C(N)=N/O)cc1Br. The van der Waals surface area contributed by atoms with Crippen molar-refractivity contribution < 1.29 is 9.94 Å². The molecule has 2 rings (SSSR count). The fourth-order valence-electron chi connectivity index (χ4n) is 2.38. The van der Waals surface area contributed by atoms with Crippen LogP contribution in [0.4, 0.5) is 0 Å². The van der Waals surface area contributed by atoms with Crippen molar-refractivity contribution in [2.24, 2.45) is 10.9 Å². The van der Waals surface area contributed by atoms with E-state index in [-0.39, 0.29) is 5.84 Å². The van der Waals surface area contributed by atoms with Crippen molar-refractivity contribution >= 4 is 21.8 Å². The zero-order valence-corrected chi connectivity index (χ0v) is 13.1. The highest BCUT2D eigenvalue weighted by atomic mass is 79.9. The van der Waals surface area contributed by atoms with Crippen LogP contribution < -0.4 is 10.5 Å². The van der Waals surface area contributed by atoms with E-state index in [1.54, 1.807) is 12.1 Å². The molecule has 0 aliphatic carbocycles. The van der Waals surface area contributed by atoms with Crippen molar-refractivity contribution in [3.8, 4) is 5.75 Å². The lowest BCUT2D eigenvalue weighted by molar-refractivity contribution is 0.125. The summed E-state index contributed by atoms with van der Waals surface area (Å²) in [6.07, 6.45) is 3.71. The molecular weight excluding hydrogens is 322 g/mol. The van der Waals surface area contributed by atoms with Crippen LogP contribution in [0.1, 0.15) is 24.8 Å². The molecule has 0 bridgehead atoms. The second-order valence-corrected chi connectivity index (χ2v) is 5.93. The third-order valence-electron chi connectivity index (χ3n) is 3.69. The van der Waals surface area contributed by atoms with Gasteiger partial charge >= 0.3 is 0 Å². The van der Waals surface area contributed by atoms with E-state index in [0.29, 0.717) is 18.2 Å². The summed E-state index contributed by atoms with van der Waals surface area (Å²) < 4.78 is 6.69. The molecule has 1 unspecified atom stereocenters. The summed E-state index contributed by atoms with van der Waals surface area (Å²) in [5.74, 6) is 0.864. The molecule has 6 heteroatoms. The number of halogens is 1. The fraction of sp³-hybridized carbons (Fsp3) is 0.500. The minimum absolute atomic E-state index is 0.0873. The number of benzene rings is 1. The first kappa shape index (κ1) is 15.1. The number of nitrogens with two attached hydrogens (primary N) is 1. The van der Waals surface area contributed by atoms with Gasteiger partial charge in [-0.15, -0.1) is 0 Å². The van der Waals surface area contributed by atoms with Crippen molar-refractivity contribution in [3.63, 3.8) is 0 Å². The van der Waals surface area contributed by atoms with E-state index in [1.807, 2.05) is 6.07 Å². The summed E-state index contributed by atoms with van der Waals surface area (Å²) in [6, 6.07) is 5.87. The highest BCUT2D eigenvalue weighted by molar-refractivity contribution is 9.10. The second-order valence-electron chi connectivity index (χ2n) is 5.07. The Balaban J connectivity index is 1.99. The lowest BCUT2D eigenvalue weighted by Gasteiger charge is -2.32. The zero-order chi connectivity index (χ0) is 14.5. The molecule has 1 aliphatic heterocycles. The van der Waals surface area contributed by atoms with Crippen LogP contribution in [0.5, 0.6) is 5.75 Å². The first-order valence-electron chi connectivity index (χ1n) is 6.72. The van der Waals surface area contributed by atoms with Gasteiger partial charge in [0.15, 0.2) is 5.84 Å². The maximum atomic E-state index is 8.66. The van der Waals surface area contributed by atoms with Crippen molar-refractivity contribution in [2.45, 2.75) is 25.3 Å². The van der Waals surface area contributed by atoms with E-state index in [4.69, 9.17) is 15.7 Å². The first-order chi connectivity index (χ1) is 9.61. The summed E-state index contributed by atoms with van der Waals surface area (Å²) in [5.41, 5.74) is 6.21. The Morgan fingerprint density at radius 3 is 3.00 bits per heavy atom. The van der Waals surface area contributed by atoms with Crippen molar-refractivity contribution in [1.82, 2.24) is 4.90 Å². The molecule has 20 heavy (non-hydrogen) atoms. The van der Waals surface area contributed by atoms with E-state index in [0.717, 1.165) is 16.8 Å². The quantitative estimate of drug-likeness (QED) is 0.382. The molecule has 1 heterocycles. The summed E-state index contributed by atoms with van der Waals surface area (Å²) in [5, 5.41) is 11.6. The van der Waals surface area contributed by atoms with Gasteiger partial charge in [0.1, 0.15) is 12.4 Å². The smallest absolute Gasteiger partial charge is 0.170 e. The Hall–Kier alpha value is -1.27. The fourth-order valence-corrected chi connectivity index (χ4v) is 2.87. The van der Waals surface area contributed by atoms with Gasteiger partial charge in [0, 0.05) is 11.6 Å². The number of likely N-dealkylation sites (N-methyl/N-ethyl adjacent to an activating group) is 1. The number of amidine groups is 1. The van der Waals surface area contributed by atoms with Crippen molar-refractivity contribution in [3.05, 3.63) is 28.2 Å². The summed E-state index contributed by atoms with van der Waals surface area (Å²) in [7, 11) is 2.14. The third-order valence-corrected chi connectivity index (χ3v) is 4.31. The molecule has 0 spiro atoms. The van der Waals surface area contributed by atoms with Gasteiger partial charge < -0.3 is 20.6 Å². The average molecular weight is 342 g/mol. The Labute approximate surface area is 127 Å². The van der Waals surface area contributed by atoms with E-state index >= 15 is 0 Å². The first-order valence-corrected chi connectivity index (χ1v) is 7.51.